The van der Waals surface area contributed by atoms with Gasteiger partial charge in [-0.2, -0.15) is 0 Å². The molecule has 0 N–H and O–H groups in total. The lowest BCUT2D eigenvalue weighted by atomic mass is 10.0. The lowest BCUT2D eigenvalue weighted by Crippen LogP contribution is -2.23. The van der Waals surface area contributed by atoms with Crippen molar-refractivity contribution in [3.05, 3.63) is 23.2 Å². The fourth-order valence-electron chi connectivity index (χ4n) is 1.57. The van der Waals surface area contributed by atoms with Crippen LogP contribution in [0.25, 0.3) is 0 Å². The summed E-state index contributed by atoms with van der Waals surface area (Å²) in [5.74, 6) is 1.26. The van der Waals surface area contributed by atoms with Gasteiger partial charge < -0.3 is 14.2 Å². The average molecular weight is 226 g/mol. The summed E-state index contributed by atoms with van der Waals surface area (Å²) >= 11 is 0. The molecule has 0 aromatic rings. The molecule has 0 fully saturated rings. The quantitative estimate of drug-likeness (QED) is 0.648. The minimum atomic E-state index is -0.230. The fraction of sp³-hybridized carbons (Fsp3) is 0.583. The molecule has 0 heterocycles. The van der Waals surface area contributed by atoms with Gasteiger partial charge >= 0.3 is 0 Å². The summed E-state index contributed by atoms with van der Waals surface area (Å²) in [7, 11) is 3.16. The highest BCUT2D eigenvalue weighted by Gasteiger charge is 2.26. The van der Waals surface area contributed by atoms with E-state index in [1.165, 1.54) is 0 Å². The molecule has 1 atom stereocenters. The van der Waals surface area contributed by atoms with Crippen LogP contribution in [0, 0.1) is 0 Å². The van der Waals surface area contributed by atoms with Crippen LogP contribution in [-0.2, 0) is 19.0 Å². The molecule has 16 heavy (non-hydrogen) atoms. The first-order valence-electron chi connectivity index (χ1n) is 5.36. The van der Waals surface area contributed by atoms with E-state index >= 15 is 0 Å². The predicted molar refractivity (Wildman–Crippen MR) is 59.8 cm³/mol. The van der Waals surface area contributed by atoms with Gasteiger partial charge in [-0.1, -0.05) is 6.92 Å². The van der Waals surface area contributed by atoms with Crippen molar-refractivity contribution in [2.75, 3.05) is 20.8 Å². The summed E-state index contributed by atoms with van der Waals surface area (Å²) in [6.07, 6.45) is 3.74. The molecule has 0 saturated heterocycles. The molecule has 0 bridgehead atoms. The van der Waals surface area contributed by atoms with Gasteiger partial charge in [-0.3, -0.25) is 4.79 Å². The first-order valence-corrected chi connectivity index (χ1v) is 5.36. The number of hydrogen-bond acceptors (Lipinski definition) is 4. The second kappa shape index (κ2) is 6.33. The van der Waals surface area contributed by atoms with Crippen LogP contribution in [0.2, 0.25) is 0 Å². The highest BCUT2D eigenvalue weighted by Crippen LogP contribution is 2.27. The average Bonchev–Trinajstić information content (AvgIpc) is 2.35. The Kier molecular flexibility index (Phi) is 5.05. The summed E-state index contributed by atoms with van der Waals surface area (Å²) in [6.45, 7) is 2.65. The lowest BCUT2D eigenvalue weighted by Gasteiger charge is -2.25. The van der Waals surface area contributed by atoms with Crippen LogP contribution in [0.15, 0.2) is 23.2 Å². The third kappa shape index (κ3) is 2.85. The number of aldehydes is 1. The summed E-state index contributed by atoms with van der Waals surface area (Å²) in [5.41, 5.74) is 0.660. The zero-order valence-electron chi connectivity index (χ0n) is 9.99. The molecule has 1 aliphatic rings. The van der Waals surface area contributed by atoms with E-state index in [-0.39, 0.29) is 6.10 Å². The zero-order chi connectivity index (χ0) is 12.0. The van der Waals surface area contributed by atoms with Crippen molar-refractivity contribution in [2.24, 2.45) is 0 Å². The molecule has 0 aliphatic heterocycles. The molecule has 0 saturated carbocycles. The van der Waals surface area contributed by atoms with E-state index in [0.29, 0.717) is 30.1 Å². The first kappa shape index (κ1) is 12.8. The van der Waals surface area contributed by atoms with Gasteiger partial charge in [0.15, 0.2) is 11.5 Å². The Labute approximate surface area is 95.9 Å². The van der Waals surface area contributed by atoms with Crippen molar-refractivity contribution in [2.45, 2.75) is 25.9 Å². The van der Waals surface area contributed by atoms with Crippen molar-refractivity contribution in [3.63, 3.8) is 0 Å². The largest absolute Gasteiger partial charge is 0.493 e. The van der Waals surface area contributed by atoms with Crippen LogP contribution in [-0.4, -0.2) is 33.2 Å². The Morgan fingerprint density at radius 2 is 2.25 bits per heavy atom. The summed E-state index contributed by atoms with van der Waals surface area (Å²) < 4.78 is 16.1. The molecular weight excluding hydrogens is 208 g/mol. The number of methoxy groups -OCH3 is 2. The molecule has 4 heteroatoms. The Balaban J connectivity index is 2.94. The number of hydrogen-bond donors (Lipinski definition) is 0. The third-order valence-electron chi connectivity index (χ3n) is 2.39. The van der Waals surface area contributed by atoms with Crippen molar-refractivity contribution < 1.29 is 19.0 Å². The van der Waals surface area contributed by atoms with Crippen LogP contribution >= 0.6 is 0 Å². The van der Waals surface area contributed by atoms with Gasteiger partial charge in [-0.15, -0.1) is 0 Å². The van der Waals surface area contributed by atoms with E-state index in [2.05, 4.69) is 0 Å². The molecule has 0 radical (unpaired) electrons. The first-order chi connectivity index (χ1) is 7.76. The molecule has 4 nitrogen and oxygen atoms in total. The monoisotopic (exact) mass is 226 g/mol. The van der Waals surface area contributed by atoms with Crippen LogP contribution in [0.3, 0.4) is 0 Å². The van der Waals surface area contributed by atoms with E-state index in [1.54, 1.807) is 20.3 Å². The van der Waals surface area contributed by atoms with Gasteiger partial charge in [-0.25, -0.2) is 0 Å². The fourth-order valence-corrected chi connectivity index (χ4v) is 1.57. The molecule has 90 valence electrons. The Bertz CT molecular complexity index is 304. The lowest BCUT2D eigenvalue weighted by molar-refractivity contribution is -0.105. The standard InChI is InChI=1S/C12H18O4/c1-4-5-16-12-10(14-2)6-9(8-13)7-11(12)15-3/h6,8,11H,4-5,7H2,1-3H3. The van der Waals surface area contributed by atoms with Gasteiger partial charge in [0.1, 0.15) is 12.4 Å². The Hall–Kier alpha value is -1.29. The maximum atomic E-state index is 10.8. The van der Waals surface area contributed by atoms with E-state index in [1.807, 2.05) is 6.92 Å². The Morgan fingerprint density at radius 3 is 2.75 bits per heavy atom. The van der Waals surface area contributed by atoms with Gasteiger partial charge in [0.05, 0.1) is 13.7 Å². The van der Waals surface area contributed by atoms with Crippen LogP contribution < -0.4 is 0 Å². The number of carbonyl (C=O) groups is 1. The molecule has 0 aromatic carbocycles. The zero-order valence-corrected chi connectivity index (χ0v) is 9.99. The molecule has 0 spiro atoms. The van der Waals surface area contributed by atoms with Crippen molar-refractivity contribution >= 4 is 6.29 Å². The van der Waals surface area contributed by atoms with Gasteiger partial charge in [0.2, 0.25) is 0 Å². The second-order valence-electron chi connectivity index (χ2n) is 3.55. The molecular formula is C12H18O4. The van der Waals surface area contributed by atoms with Gasteiger partial charge in [-0.05, 0) is 18.1 Å². The molecule has 0 amide bonds. The Morgan fingerprint density at radius 1 is 1.50 bits per heavy atom. The highest BCUT2D eigenvalue weighted by molar-refractivity contribution is 5.75. The van der Waals surface area contributed by atoms with E-state index in [4.69, 9.17) is 14.2 Å². The number of allylic oxidation sites excluding steroid dienone is 1. The topological polar surface area (TPSA) is 44.8 Å². The molecule has 1 aliphatic carbocycles. The normalized spacial score (nSPS) is 20.4. The summed E-state index contributed by atoms with van der Waals surface area (Å²) in [5, 5.41) is 0. The van der Waals surface area contributed by atoms with Gasteiger partial charge in [0.25, 0.3) is 0 Å². The predicted octanol–water partition coefficient (Wildman–Crippen LogP) is 1.81. The molecule has 0 aromatic heterocycles. The van der Waals surface area contributed by atoms with Crippen molar-refractivity contribution in [1.29, 1.82) is 0 Å². The van der Waals surface area contributed by atoms with Crippen molar-refractivity contribution in [3.8, 4) is 0 Å². The second-order valence-corrected chi connectivity index (χ2v) is 3.55. The summed E-state index contributed by atoms with van der Waals surface area (Å²) in [6, 6.07) is 0. The third-order valence-corrected chi connectivity index (χ3v) is 2.39. The van der Waals surface area contributed by atoms with Crippen molar-refractivity contribution in [1.82, 2.24) is 0 Å². The van der Waals surface area contributed by atoms with Crippen LogP contribution in [0.5, 0.6) is 0 Å². The number of carbonyl (C=O) groups excluding carboxylic acids is 1. The maximum Gasteiger partial charge on any atom is 0.167 e. The highest BCUT2D eigenvalue weighted by atomic mass is 16.5. The maximum absolute atomic E-state index is 10.8. The minimum Gasteiger partial charge on any atom is -0.493 e. The SMILES string of the molecule is CCCOC1=C(OC)C=C(C=O)CC1OC. The smallest absolute Gasteiger partial charge is 0.167 e. The minimum absolute atomic E-state index is 0.230. The van der Waals surface area contributed by atoms with Crippen LogP contribution in [0.1, 0.15) is 19.8 Å². The number of rotatable bonds is 6. The summed E-state index contributed by atoms with van der Waals surface area (Å²) in [4.78, 5) is 10.8. The molecule has 1 unspecified atom stereocenters. The van der Waals surface area contributed by atoms with Gasteiger partial charge in [0, 0.05) is 13.5 Å². The van der Waals surface area contributed by atoms with E-state index in [9.17, 15) is 4.79 Å². The number of ether oxygens (including phenoxy) is 3. The van der Waals surface area contributed by atoms with Crippen LogP contribution in [0.4, 0.5) is 0 Å². The van der Waals surface area contributed by atoms with E-state index in [0.717, 1.165) is 12.7 Å². The van der Waals surface area contributed by atoms with E-state index < -0.39 is 0 Å². The molecule has 1 rings (SSSR count).